The summed E-state index contributed by atoms with van der Waals surface area (Å²) in [5.41, 5.74) is 1.10. The van der Waals surface area contributed by atoms with Crippen LogP contribution in [0.5, 0.6) is 0 Å². The average molecular weight is 282 g/mol. The number of piperidine rings is 1. The molecule has 1 aromatic heterocycles. The molecule has 106 valence electrons. The standard InChI is InChI=1S/C15H24ClN3/c1-4-5-12-6-8-19(9-7-12)15-13(11(2)3)14(16)17-10-18-15/h10-12H,4-9H2,1-3H3. The van der Waals surface area contributed by atoms with Crippen LogP contribution in [0.2, 0.25) is 5.15 Å². The molecule has 0 radical (unpaired) electrons. The summed E-state index contributed by atoms with van der Waals surface area (Å²) in [6, 6.07) is 0. The lowest BCUT2D eigenvalue weighted by Gasteiger charge is -2.34. The van der Waals surface area contributed by atoms with Gasteiger partial charge in [-0.05, 0) is 24.7 Å². The molecule has 0 unspecified atom stereocenters. The van der Waals surface area contributed by atoms with E-state index in [1.807, 2.05) is 0 Å². The third-order valence-electron chi connectivity index (χ3n) is 4.00. The molecule has 0 aliphatic carbocycles. The van der Waals surface area contributed by atoms with Crippen molar-refractivity contribution in [3.05, 3.63) is 17.0 Å². The maximum atomic E-state index is 6.24. The number of aromatic nitrogens is 2. The van der Waals surface area contributed by atoms with Crippen LogP contribution in [-0.4, -0.2) is 23.1 Å². The lowest BCUT2D eigenvalue weighted by molar-refractivity contribution is 0.376. The molecule has 19 heavy (non-hydrogen) atoms. The molecule has 1 aromatic rings. The molecule has 0 spiro atoms. The Bertz CT molecular complexity index is 412. The first kappa shape index (κ1) is 14.6. The number of rotatable bonds is 4. The quantitative estimate of drug-likeness (QED) is 0.772. The van der Waals surface area contributed by atoms with Crippen molar-refractivity contribution < 1.29 is 0 Å². The Hall–Kier alpha value is -0.830. The maximum Gasteiger partial charge on any atom is 0.138 e. The summed E-state index contributed by atoms with van der Waals surface area (Å²) < 4.78 is 0. The van der Waals surface area contributed by atoms with Crippen LogP contribution in [0.1, 0.15) is 57.9 Å². The molecule has 0 aromatic carbocycles. The molecule has 0 saturated carbocycles. The number of nitrogens with zero attached hydrogens (tertiary/aromatic N) is 3. The first-order valence-electron chi connectivity index (χ1n) is 7.38. The van der Waals surface area contributed by atoms with Gasteiger partial charge in [0.25, 0.3) is 0 Å². The smallest absolute Gasteiger partial charge is 0.138 e. The van der Waals surface area contributed by atoms with E-state index >= 15 is 0 Å². The maximum absolute atomic E-state index is 6.24. The van der Waals surface area contributed by atoms with Gasteiger partial charge in [-0.1, -0.05) is 45.2 Å². The minimum Gasteiger partial charge on any atom is -0.356 e. The molecule has 1 aliphatic heterocycles. The van der Waals surface area contributed by atoms with Gasteiger partial charge in [0.05, 0.1) is 0 Å². The van der Waals surface area contributed by atoms with Crippen LogP contribution in [-0.2, 0) is 0 Å². The lowest BCUT2D eigenvalue weighted by atomic mass is 9.92. The highest BCUT2D eigenvalue weighted by Gasteiger charge is 2.23. The molecule has 3 nitrogen and oxygen atoms in total. The van der Waals surface area contributed by atoms with Crippen molar-refractivity contribution in [1.82, 2.24) is 9.97 Å². The molecule has 4 heteroatoms. The summed E-state index contributed by atoms with van der Waals surface area (Å²) in [7, 11) is 0. The average Bonchev–Trinajstić information content (AvgIpc) is 2.39. The van der Waals surface area contributed by atoms with Crippen LogP contribution >= 0.6 is 11.6 Å². The fourth-order valence-corrected chi connectivity index (χ4v) is 3.30. The molecular weight excluding hydrogens is 258 g/mol. The Morgan fingerprint density at radius 3 is 2.58 bits per heavy atom. The van der Waals surface area contributed by atoms with E-state index in [0.717, 1.165) is 30.4 Å². The van der Waals surface area contributed by atoms with E-state index in [2.05, 4.69) is 35.6 Å². The van der Waals surface area contributed by atoms with Gasteiger partial charge in [0.2, 0.25) is 0 Å². The second-order valence-corrected chi connectivity index (χ2v) is 6.13. The number of hydrogen-bond acceptors (Lipinski definition) is 3. The molecule has 0 bridgehead atoms. The first-order chi connectivity index (χ1) is 9.13. The van der Waals surface area contributed by atoms with Gasteiger partial charge in [-0.15, -0.1) is 0 Å². The van der Waals surface area contributed by atoms with Crippen molar-refractivity contribution in [3.63, 3.8) is 0 Å². The zero-order valence-electron chi connectivity index (χ0n) is 12.2. The minimum absolute atomic E-state index is 0.358. The van der Waals surface area contributed by atoms with Gasteiger partial charge in [-0.2, -0.15) is 0 Å². The Kier molecular flexibility index (Phi) is 5.03. The highest BCUT2D eigenvalue weighted by Crippen LogP contribution is 2.33. The topological polar surface area (TPSA) is 29.0 Å². The summed E-state index contributed by atoms with van der Waals surface area (Å²) in [4.78, 5) is 11.0. The SMILES string of the molecule is CCCC1CCN(c2ncnc(Cl)c2C(C)C)CC1. The highest BCUT2D eigenvalue weighted by molar-refractivity contribution is 6.30. The van der Waals surface area contributed by atoms with Crippen molar-refractivity contribution in [2.75, 3.05) is 18.0 Å². The Morgan fingerprint density at radius 2 is 2.00 bits per heavy atom. The van der Waals surface area contributed by atoms with Crippen LogP contribution in [0.3, 0.4) is 0 Å². The molecule has 0 amide bonds. The van der Waals surface area contributed by atoms with Crippen molar-refractivity contribution in [2.45, 2.75) is 52.4 Å². The number of anilines is 1. The monoisotopic (exact) mass is 281 g/mol. The summed E-state index contributed by atoms with van der Waals surface area (Å²) in [5, 5.41) is 0.607. The van der Waals surface area contributed by atoms with E-state index < -0.39 is 0 Å². The highest BCUT2D eigenvalue weighted by atomic mass is 35.5. The van der Waals surface area contributed by atoms with Gasteiger partial charge in [-0.25, -0.2) is 9.97 Å². The zero-order valence-corrected chi connectivity index (χ0v) is 13.0. The van der Waals surface area contributed by atoms with E-state index in [4.69, 9.17) is 11.6 Å². The normalized spacial score (nSPS) is 17.2. The van der Waals surface area contributed by atoms with Gasteiger partial charge in [-0.3, -0.25) is 0 Å². The van der Waals surface area contributed by atoms with E-state index in [-0.39, 0.29) is 0 Å². The molecule has 1 saturated heterocycles. The lowest BCUT2D eigenvalue weighted by Crippen LogP contribution is -2.35. The Morgan fingerprint density at radius 1 is 1.32 bits per heavy atom. The molecule has 0 atom stereocenters. The van der Waals surface area contributed by atoms with Crippen molar-refractivity contribution in [3.8, 4) is 0 Å². The number of hydrogen-bond donors (Lipinski definition) is 0. The van der Waals surface area contributed by atoms with Gasteiger partial charge < -0.3 is 4.90 Å². The molecule has 2 rings (SSSR count). The number of halogens is 1. The van der Waals surface area contributed by atoms with E-state index in [0.29, 0.717) is 11.1 Å². The van der Waals surface area contributed by atoms with Crippen molar-refractivity contribution >= 4 is 17.4 Å². The van der Waals surface area contributed by atoms with Gasteiger partial charge >= 0.3 is 0 Å². The third kappa shape index (κ3) is 3.38. The second-order valence-electron chi connectivity index (χ2n) is 5.78. The van der Waals surface area contributed by atoms with Crippen LogP contribution in [0.15, 0.2) is 6.33 Å². The summed E-state index contributed by atoms with van der Waals surface area (Å²) in [6.07, 6.45) is 6.78. The van der Waals surface area contributed by atoms with E-state index in [1.54, 1.807) is 6.33 Å². The predicted octanol–water partition coefficient (Wildman–Crippen LogP) is 4.27. The molecule has 0 N–H and O–H groups in total. The van der Waals surface area contributed by atoms with Gasteiger partial charge in [0, 0.05) is 18.7 Å². The molecular formula is C15H24ClN3. The fourth-order valence-electron chi connectivity index (χ4n) is 2.96. The summed E-state index contributed by atoms with van der Waals surface area (Å²) >= 11 is 6.24. The Labute approximate surface area is 121 Å². The van der Waals surface area contributed by atoms with E-state index in [1.165, 1.54) is 25.7 Å². The summed E-state index contributed by atoms with van der Waals surface area (Å²) in [6.45, 7) is 8.76. The first-order valence-corrected chi connectivity index (χ1v) is 7.76. The zero-order chi connectivity index (χ0) is 13.8. The van der Waals surface area contributed by atoms with Crippen LogP contribution in [0.25, 0.3) is 0 Å². The second kappa shape index (κ2) is 6.56. The van der Waals surface area contributed by atoms with Crippen molar-refractivity contribution in [1.29, 1.82) is 0 Å². The Balaban J connectivity index is 2.13. The molecule has 1 aliphatic rings. The summed E-state index contributed by atoms with van der Waals surface area (Å²) in [5.74, 6) is 2.29. The van der Waals surface area contributed by atoms with Crippen LogP contribution < -0.4 is 4.90 Å². The van der Waals surface area contributed by atoms with Gasteiger partial charge in [0.1, 0.15) is 17.3 Å². The molecule has 2 heterocycles. The predicted molar refractivity (Wildman–Crippen MR) is 81.0 cm³/mol. The molecule has 1 fully saturated rings. The van der Waals surface area contributed by atoms with Crippen LogP contribution in [0.4, 0.5) is 5.82 Å². The largest absolute Gasteiger partial charge is 0.356 e. The van der Waals surface area contributed by atoms with Gasteiger partial charge in [0.15, 0.2) is 0 Å². The van der Waals surface area contributed by atoms with Crippen molar-refractivity contribution in [2.24, 2.45) is 5.92 Å². The van der Waals surface area contributed by atoms with Crippen LogP contribution in [0, 0.1) is 5.92 Å². The third-order valence-corrected chi connectivity index (χ3v) is 4.30. The minimum atomic E-state index is 0.358. The fraction of sp³-hybridized carbons (Fsp3) is 0.733. The van der Waals surface area contributed by atoms with E-state index in [9.17, 15) is 0 Å².